The lowest BCUT2D eigenvalue weighted by molar-refractivity contribution is -0.121. The van der Waals surface area contributed by atoms with Crippen LogP contribution in [0.1, 0.15) is 22.3 Å². The second-order valence-corrected chi connectivity index (χ2v) is 7.21. The quantitative estimate of drug-likeness (QED) is 0.755. The topological polar surface area (TPSA) is 113 Å². The summed E-state index contributed by atoms with van der Waals surface area (Å²) in [5, 5.41) is 11.7. The second-order valence-electron chi connectivity index (χ2n) is 5.12. The van der Waals surface area contributed by atoms with E-state index in [0.29, 0.717) is 18.5 Å². The zero-order valence-electron chi connectivity index (χ0n) is 12.6. The first-order valence-corrected chi connectivity index (χ1v) is 8.59. The van der Waals surface area contributed by atoms with Gasteiger partial charge in [0.15, 0.2) is 0 Å². The molecule has 0 unspecified atom stereocenters. The Morgan fingerprint density at radius 1 is 1.39 bits per heavy atom. The molecule has 0 saturated carbocycles. The van der Waals surface area contributed by atoms with Crippen LogP contribution in [0.25, 0.3) is 0 Å². The molecule has 126 valence electrons. The van der Waals surface area contributed by atoms with Gasteiger partial charge in [0.05, 0.1) is 19.4 Å². The minimum atomic E-state index is -3.31. The Kier molecular flexibility index (Phi) is 5.22. The fourth-order valence-electron chi connectivity index (χ4n) is 2.32. The van der Waals surface area contributed by atoms with Gasteiger partial charge < -0.3 is 15.2 Å². The van der Waals surface area contributed by atoms with Gasteiger partial charge in [-0.3, -0.25) is 4.79 Å². The van der Waals surface area contributed by atoms with E-state index in [1.165, 1.54) is 19.2 Å². The highest BCUT2D eigenvalue weighted by Crippen LogP contribution is 2.20. The molecule has 1 aromatic rings. The summed E-state index contributed by atoms with van der Waals surface area (Å²) in [6, 6.07) is 4.56. The van der Waals surface area contributed by atoms with Gasteiger partial charge >= 0.3 is 5.97 Å². The van der Waals surface area contributed by atoms with Crippen LogP contribution in [0.5, 0.6) is 5.75 Å². The number of methoxy groups -OCH3 is 1. The number of nitrogens with zero attached hydrogens (tertiary/aromatic N) is 1. The molecule has 0 bridgehead atoms. The molecule has 1 aliphatic heterocycles. The van der Waals surface area contributed by atoms with Gasteiger partial charge in [-0.25, -0.2) is 13.2 Å². The van der Waals surface area contributed by atoms with E-state index in [4.69, 9.17) is 9.84 Å². The minimum Gasteiger partial charge on any atom is -0.496 e. The number of hydrogen-bond acceptors (Lipinski definition) is 5. The third kappa shape index (κ3) is 4.20. The zero-order valence-corrected chi connectivity index (χ0v) is 13.4. The molecule has 0 aliphatic carbocycles. The number of carboxylic acid groups (broad SMARTS) is 1. The van der Waals surface area contributed by atoms with Crippen molar-refractivity contribution in [1.82, 2.24) is 9.62 Å². The molecule has 23 heavy (non-hydrogen) atoms. The summed E-state index contributed by atoms with van der Waals surface area (Å²) in [4.78, 5) is 23.0. The van der Waals surface area contributed by atoms with E-state index < -0.39 is 21.9 Å². The molecule has 2 rings (SSSR count). The molecule has 1 aromatic carbocycles. The van der Waals surface area contributed by atoms with Gasteiger partial charge in [0.1, 0.15) is 11.3 Å². The third-order valence-corrected chi connectivity index (χ3v) is 5.41. The zero-order chi connectivity index (χ0) is 17.0. The summed E-state index contributed by atoms with van der Waals surface area (Å²) in [6.07, 6.45) is 0.524. The number of carbonyl (C=O) groups excluding carboxylic acids is 1. The maximum absolute atomic E-state index is 11.8. The molecule has 2 N–H and O–H groups in total. The van der Waals surface area contributed by atoms with Crippen molar-refractivity contribution < 1.29 is 27.9 Å². The van der Waals surface area contributed by atoms with E-state index in [0.717, 1.165) is 4.31 Å². The van der Waals surface area contributed by atoms with Gasteiger partial charge in [0, 0.05) is 13.1 Å². The fourth-order valence-corrected chi connectivity index (χ4v) is 3.79. The minimum absolute atomic E-state index is 0.00127. The molecular weight excluding hydrogens is 324 g/mol. The van der Waals surface area contributed by atoms with Crippen molar-refractivity contribution in [3.63, 3.8) is 0 Å². The van der Waals surface area contributed by atoms with Gasteiger partial charge in [0.25, 0.3) is 0 Å². The number of rotatable bonds is 6. The van der Waals surface area contributed by atoms with Crippen LogP contribution in [-0.2, 0) is 21.4 Å². The van der Waals surface area contributed by atoms with Crippen LogP contribution in [0, 0.1) is 0 Å². The van der Waals surface area contributed by atoms with Crippen molar-refractivity contribution >= 4 is 21.9 Å². The third-order valence-electron chi connectivity index (χ3n) is 3.51. The summed E-state index contributed by atoms with van der Waals surface area (Å²) in [5.74, 6) is -1.25. The summed E-state index contributed by atoms with van der Waals surface area (Å²) >= 11 is 0. The number of hydrogen-bond donors (Lipinski definition) is 2. The van der Waals surface area contributed by atoms with Crippen LogP contribution in [0.4, 0.5) is 0 Å². The number of benzene rings is 1. The maximum atomic E-state index is 11.8. The first-order chi connectivity index (χ1) is 10.8. The highest BCUT2D eigenvalue weighted by Gasteiger charge is 2.29. The first kappa shape index (κ1) is 17.2. The Balaban J connectivity index is 1.97. The SMILES string of the molecule is COc1ccc(CNC(=O)CN2CCCS2(=O)=O)cc1C(=O)O. The molecule has 1 amide bonds. The number of ether oxygens (including phenoxy) is 1. The van der Waals surface area contributed by atoms with E-state index >= 15 is 0 Å². The summed E-state index contributed by atoms with van der Waals surface area (Å²) in [7, 11) is -1.94. The van der Waals surface area contributed by atoms with Gasteiger partial charge in [-0.05, 0) is 24.1 Å². The molecule has 8 nitrogen and oxygen atoms in total. The van der Waals surface area contributed by atoms with E-state index in [2.05, 4.69) is 5.32 Å². The van der Waals surface area contributed by atoms with Gasteiger partial charge in [-0.1, -0.05) is 6.07 Å². The number of amides is 1. The number of sulfonamides is 1. The largest absolute Gasteiger partial charge is 0.496 e. The molecule has 9 heteroatoms. The monoisotopic (exact) mass is 342 g/mol. The molecule has 0 aromatic heterocycles. The van der Waals surface area contributed by atoms with E-state index in [1.54, 1.807) is 6.07 Å². The average Bonchev–Trinajstić information content (AvgIpc) is 2.83. The molecular formula is C14H18N2O6S. The molecule has 0 radical (unpaired) electrons. The summed E-state index contributed by atoms with van der Waals surface area (Å²) < 4.78 is 29.4. The molecule has 1 fully saturated rings. The fraction of sp³-hybridized carbons (Fsp3) is 0.429. The van der Waals surface area contributed by atoms with Gasteiger partial charge in [-0.15, -0.1) is 0 Å². The molecule has 0 spiro atoms. The highest BCUT2D eigenvalue weighted by atomic mass is 32.2. The van der Waals surface area contributed by atoms with Gasteiger partial charge in [-0.2, -0.15) is 4.31 Å². The van der Waals surface area contributed by atoms with Crippen LogP contribution in [0.3, 0.4) is 0 Å². The molecule has 1 aliphatic rings. The average molecular weight is 342 g/mol. The Morgan fingerprint density at radius 3 is 2.70 bits per heavy atom. The standard InChI is InChI=1S/C14H18N2O6S/c1-22-12-4-3-10(7-11(12)14(18)19)8-15-13(17)9-16-5-2-6-23(16,20)21/h3-4,7H,2,5-6,8-9H2,1H3,(H,15,17)(H,18,19). The van der Waals surface area contributed by atoms with Crippen molar-refractivity contribution in [3.8, 4) is 5.75 Å². The molecule has 1 heterocycles. The lowest BCUT2D eigenvalue weighted by Gasteiger charge is -2.14. The normalized spacial score (nSPS) is 16.9. The highest BCUT2D eigenvalue weighted by molar-refractivity contribution is 7.89. The number of carboxylic acids is 1. The van der Waals surface area contributed by atoms with Crippen LogP contribution in [0.15, 0.2) is 18.2 Å². The first-order valence-electron chi connectivity index (χ1n) is 6.98. The Morgan fingerprint density at radius 2 is 2.13 bits per heavy atom. The van der Waals surface area contributed by atoms with Crippen LogP contribution in [-0.4, -0.2) is 55.7 Å². The Labute approximate surface area is 134 Å². The molecule has 1 saturated heterocycles. The Hall–Kier alpha value is -2.13. The van der Waals surface area contributed by atoms with Crippen LogP contribution in [0.2, 0.25) is 0 Å². The number of carbonyl (C=O) groups is 2. The lowest BCUT2D eigenvalue weighted by Crippen LogP contribution is -2.37. The van der Waals surface area contributed by atoms with Crippen LogP contribution < -0.4 is 10.1 Å². The van der Waals surface area contributed by atoms with E-state index in [-0.39, 0.29) is 30.2 Å². The molecule has 0 atom stereocenters. The Bertz CT molecular complexity index is 716. The predicted molar refractivity (Wildman–Crippen MR) is 81.8 cm³/mol. The van der Waals surface area contributed by atoms with E-state index in [9.17, 15) is 18.0 Å². The van der Waals surface area contributed by atoms with Crippen molar-refractivity contribution in [3.05, 3.63) is 29.3 Å². The van der Waals surface area contributed by atoms with Crippen LogP contribution >= 0.6 is 0 Å². The lowest BCUT2D eigenvalue weighted by atomic mass is 10.1. The predicted octanol–water partition coefficient (Wildman–Crippen LogP) is 0.0451. The van der Waals surface area contributed by atoms with Gasteiger partial charge in [0.2, 0.25) is 15.9 Å². The summed E-state index contributed by atoms with van der Waals surface area (Å²) in [6.45, 7) is 0.239. The smallest absolute Gasteiger partial charge is 0.339 e. The number of aromatic carboxylic acids is 1. The second kappa shape index (κ2) is 6.97. The summed E-state index contributed by atoms with van der Waals surface area (Å²) in [5.41, 5.74) is 0.585. The van der Waals surface area contributed by atoms with Crippen molar-refractivity contribution in [2.45, 2.75) is 13.0 Å². The van der Waals surface area contributed by atoms with Crippen molar-refractivity contribution in [2.24, 2.45) is 0 Å². The maximum Gasteiger partial charge on any atom is 0.339 e. The van der Waals surface area contributed by atoms with Crippen molar-refractivity contribution in [2.75, 3.05) is 26.0 Å². The van der Waals surface area contributed by atoms with Crippen molar-refractivity contribution in [1.29, 1.82) is 0 Å². The van der Waals surface area contributed by atoms with E-state index in [1.807, 2.05) is 0 Å². The number of nitrogens with one attached hydrogen (secondary N) is 1.